The van der Waals surface area contributed by atoms with Gasteiger partial charge in [0, 0.05) is 29.7 Å². The summed E-state index contributed by atoms with van der Waals surface area (Å²) in [4.78, 5) is 25.3. The molecule has 0 saturated carbocycles. The second kappa shape index (κ2) is 7.05. The van der Waals surface area contributed by atoms with Crippen LogP contribution in [0.15, 0.2) is 18.2 Å². The minimum absolute atomic E-state index is 0.0791. The zero-order chi connectivity index (χ0) is 15.4. The molecule has 0 bridgehead atoms. The fourth-order valence-corrected chi connectivity index (χ4v) is 2.51. The molecule has 0 radical (unpaired) electrons. The van der Waals surface area contributed by atoms with Gasteiger partial charge in [-0.15, -0.1) is 0 Å². The van der Waals surface area contributed by atoms with Crippen LogP contribution in [0.3, 0.4) is 0 Å². The molecular weight excluding hydrogens is 387 g/mol. The van der Waals surface area contributed by atoms with Crippen molar-refractivity contribution in [1.82, 2.24) is 15.3 Å². The molecule has 1 aromatic carbocycles. The number of benzene rings is 1. The van der Waals surface area contributed by atoms with Crippen molar-refractivity contribution in [3.63, 3.8) is 0 Å². The van der Waals surface area contributed by atoms with Crippen molar-refractivity contribution >= 4 is 40.3 Å². The Morgan fingerprint density at radius 3 is 2.52 bits per heavy atom. The number of hydrogen-bond donors (Lipinski definition) is 3. The van der Waals surface area contributed by atoms with Crippen LogP contribution in [0.2, 0.25) is 0 Å². The molecule has 21 heavy (non-hydrogen) atoms. The van der Waals surface area contributed by atoms with Crippen LogP contribution in [0, 0.1) is 3.57 Å². The third kappa shape index (κ3) is 4.55. The van der Waals surface area contributed by atoms with Crippen LogP contribution in [-0.4, -0.2) is 60.2 Å². The Bertz CT molecular complexity index is 544. The average Bonchev–Trinajstić information content (AvgIpc) is 2.43. The van der Waals surface area contributed by atoms with Crippen molar-refractivity contribution in [3.8, 4) is 0 Å². The molecule has 0 unspecified atom stereocenters. The Balaban J connectivity index is 1.98. The molecule has 1 saturated heterocycles. The summed E-state index contributed by atoms with van der Waals surface area (Å²) in [5, 5.41) is 13.6. The first-order valence-corrected chi connectivity index (χ1v) is 7.57. The van der Waals surface area contributed by atoms with Crippen LogP contribution in [0.25, 0.3) is 0 Å². The molecule has 1 fully saturated rings. The first-order chi connectivity index (χ1) is 9.95. The van der Waals surface area contributed by atoms with Gasteiger partial charge in [-0.1, -0.05) is 0 Å². The minimum atomic E-state index is -1.07. The Hall–Kier alpha value is -1.39. The van der Waals surface area contributed by atoms with Crippen LogP contribution in [-0.2, 0) is 0 Å². The highest BCUT2D eigenvalue weighted by Gasteiger charge is 2.17. The van der Waals surface area contributed by atoms with Gasteiger partial charge in [-0.3, -0.25) is 5.43 Å². The second-order valence-corrected chi connectivity index (χ2v) is 6.10. The zero-order valence-corrected chi connectivity index (χ0v) is 13.8. The summed E-state index contributed by atoms with van der Waals surface area (Å²) >= 11 is 2.03. The molecule has 1 heterocycles. The van der Waals surface area contributed by atoms with Gasteiger partial charge in [-0.05, 0) is 47.8 Å². The largest absolute Gasteiger partial charge is 0.478 e. The fourth-order valence-electron chi connectivity index (χ4n) is 2.01. The number of amides is 2. The molecule has 1 aliphatic rings. The monoisotopic (exact) mass is 404 g/mol. The maximum absolute atomic E-state index is 11.9. The number of likely N-dealkylation sites (N-methyl/N-ethyl adjacent to an activating group) is 1. The van der Waals surface area contributed by atoms with Gasteiger partial charge in [0.15, 0.2) is 0 Å². The number of hydrazine groups is 1. The van der Waals surface area contributed by atoms with Crippen molar-refractivity contribution in [2.75, 3.05) is 38.5 Å². The number of nitrogens with zero attached hydrogens (tertiary/aromatic N) is 2. The lowest BCUT2D eigenvalue weighted by atomic mass is 10.2. The quantitative estimate of drug-likeness (QED) is 0.661. The van der Waals surface area contributed by atoms with Crippen LogP contribution >= 0.6 is 22.6 Å². The number of carbonyl (C=O) groups excluding carboxylic acids is 1. The van der Waals surface area contributed by atoms with E-state index in [-0.39, 0.29) is 11.3 Å². The molecule has 1 aromatic rings. The van der Waals surface area contributed by atoms with Crippen LogP contribution in [0.4, 0.5) is 10.5 Å². The van der Waals surface area contributed by atoms with Crippen LogP contribution in [0.5, 0.6) is 0 Å². The molecule has 7 nitrogen and oxygen atoms in total. The highest BCUT2D eigenvalue weighted by atomic mass is 127. The number of piperazine rings is 1. The lowest BCUT2D eigenvalue weighted by Crippen LogP contribution is -2.53. The van der Waals surface area contributed by atoms with Crippen molar-refractivity contribution < 1.29 is 14.7 Å². The summed E-state index contributed by atoms with van der Waals surface area (Å²) in [6, 6.07) is 4.44. The molecule has 3 N–H and O–H groups in total. The summed E-state index contributed by atoms with van der Waals surface area (Å²) in [6.07, 6.45) is 0. The van der Waals surface area contributed by atoms with E-state index in [1.54, 1.807) is 12.1 Å². The third-order valence-electron chi connectivity index (χ3n) is 3.22. The topological polar surface area (TPSA) is 84.9 Å². The van der Waals surface area contributed by atoms with Crippen molar-refractivity contribution in [2.24, 2.45) is 0 Å². The number of urea groups is 1. The molecular formula is C13H17IN4O3. The third-order valence-corrected chi connectivity index (χ3v) is 3.89. The van der Waals surface area contributed by atoms with Crippen LogP contribution < -0.4 is 10.7 Å². The highest BCUT2D eigenvalue weighted by Crippen LogP contribution is 2.18. The Morgan fingerprint density at radius 1 is 1.24 bits per heavy atom. The van der Waals surface area contributed by atoms with Crippen molar-refractivity contribution in [1.29, 1.82) is 0 Å². The molecule has 2 amide bonds. The number of carboxylic acids is 1. The molecule has 0 aromatic heterocycles. The second-order valence-electron chi connectivity index (χ2n) is 4.85. The van der Waals surface area contributed by atoms with Gasteiger partial charge >= 0.3 is 12.0 Å². The van der Waals surface area contributed by atoms with E-state index in [2.05, 4.69) is 15.6 Å². The van der Waals surface area contributed by atoms with Gasteiger partial charge in [0.1, 0.15) is 0 Å². The molecule has 0 aliphatic carbocycles. The predicted octanol–water partition coefficient (Wildman–Crippen LogP) is 1.27. The van der Waals surface area contributed by atoms with Crippen LogP contribution in [0.1, 0.15) is 10.4 Å². The van der Waals surface area contributed by atoms with E-state index in [4.69, 9.17) is 5.11 Å². The Morgan fingerprint density at radius 2 is 1.90 bits per heavy atom. The fraction of sp³-hybridized carbons (Fsp3) is 0.385. The van der Waals surface area contributed by atoms with E-state index < -0.39 is 12.0 Å². The van der Waals surface area contributed by atoms with Gasteiger partial charge in [-0.2, -0.15) is 0 Å². The number of carbonyl (C=O) groups is 2. The van der Waals surface area contributed by atoms with E-state index in [9.17, 15) is 9.59 Å². The Labute approximate surface area is 136 Å². The van der Waals surface area contributed by atoms with Gasteiger partial charge < -0.3 is 15.3 Å². The number of anilines is 1. The number of nitrogens with one attached hydrogen (secondary N) is 2. The summed E-state index contributed by atoms with van der Waals surface area (Å²) in [6.45, 7) is 3.24. The summed E-state index contributed by atoms with van der Waals surface area (Å²) in [5.74, 6) is -1.07. The summed E-state index contributed by atoms with van der Waals surface area (Å²) in [7, 11) is 2.03. The predicted molar refractivity (Wildman–Crippen MR) is 87.3 cm³/mol. The maximum Gasteiger partial charge on any atom is 0.337 e. The van der Waals surface area contributed by atoms with Crippen molar-refractivity contribution in [3.05, 3.63) is 27.3 Å². The standard InChI is InChI=1S/C13H17IN4O3/c1-17-4-6-18(7-5-17)16-13(21)15-11-3-2-9(14)8-10(11)12(19)20/h2-3,8H,4-7H2,1H3,(H,19,20)(H2,15,16,21). The lowest BCUT2D eigenvalue weighted by molar-refractivity contribution is 0.0698. The SMILES string of the molecule is CN1CCN(NC(=O)Nc2ccc(I)cc2C(=O)O)CC1. The van der Waals surface area contributed by atoms with E-state index in [0.717, 1.165) is 29.7 Å². The molecule has 114 valence electrons. The summed E-state index contributed by atoms with van der Waals surface area (Å²) in [5.41, 5.74) is 3.10. The van der Waals surface area contributed by atoms with Crippen molar-refractivity contribution in [2.45, 2.75) is 0 Å². The number of rotatable bonds is 3. The number of aromatic carboxylic acids is 1. The number of halogens is 1. The summed E-state index contributed by atoms with van der Waals surface area (Å²) < 4.78 is 0.801. The first-order valence-electron chi connectivity index (χ1n) is 6.49. The highest BCUT2D eigenvalue weighted by molar-refractivity contribution is 14.1. The molecule has 1 aliphatic heterocycles. The van der Waals surface area contributed by atoms with Gasteiger partial charge in [0.05, 0.1) is 11.3 Å². The smallest absolute Gasteiger partial charge is 0.337 e. The minimum Gasteiger partial charge on any atom is -0.478 e. The first kappa shape index (κ1) is 16.0. The van der Waals surface area contributed by atoms with Gasteiger partial charge in [0.2, 0.25) is 0 Å². The Kier molecular flexibility index (Phi) is 5.37. The molecule has 8 heteroatoms. The average molecular weight is 404 g/mol. The zero-order valence-electron chi connectivity index (χ0n) is 11.6. The molecule has 0 spiro atoms. The molecule has 0 atom stereocenters. The van der Waals surface area contributed by atoms with Gasteiger partial charge in [-0.25, -0.2) is 14.6 Å². The van der Waals surface area contributed by atoms with E-state index >= 15 is 0 Å². The van der Waals surface area contributed by atoms with Gasteiger partial charge in [0.25, 0.3) is 0 Å². The maximum atomic E-state index is 11.9. The van der Waals surface area contributed by atoms with E-state index in [0.29, 0.717) is 0 Å². The van der Waals surface area contributed by atoms with E-state index in [1.165, 1.54) is 6.07 Å². The number of hydrogen-bond acceptors (Lipinski definition) is 4. The number of carboxylic acid groups (broad SMARTS) is 1. The lowest BCUT2D eigenvalue weighted by Gasteiger charge is -2.32. The van der Waals surface area contributed by atoms with E-state index in [1.807, 2.05) is 34.6 Å². The normalized spacial score (nSPS) is 16.5. The molecule has 2 rings (SSSR count).